The van der Waals surface area contributed by atoms with Crippen molar-refractivity contribution in [3.05, 3.63) is 193 Å². The van der Waals surface area contributed by atoms with E-state index in [1.807, 2.05) is 0 Å². The summed E-state index contributed by atoms with van der Waals surface area (Å²) in [5.74, 6) is -0.671. The predicted octanol–water partition coefficient (Wildman–Crippen LogP) is 9.51. The van der Waals surface area contributed by atoms with Crippen LogP contribution in [0.25, 0.3) is 72.6 Å². The van der Waals surface area contributed by atoms with Crippen molar-refractivity contribution in [2.45, 2.75) is 12.2 Å². The Labute approximate surface area is 296 Å². The van der Waals surface area contributed by atoms with Crippen molar-refractivity contribution < 1.29 is 13.7 Å². The van der Waals surface area contributed by atoms with Crippen molar-refractivity contribution in [1.29, 1.82) is 0 Å². The highest BCUT2D eigenvalue weighted by Gasteiger charge is 2.75. The normalized spacial score (nSPS) is 16.5. The fraction of sp³-hybridized carbons (Fsp3) is 0.0625. The van der Waals surface area contributed by atoms with Crippen molar-refractivity contribution in [3.63, 3.8) is 0 Å². The third-order valence-corrected chi connectivity index (χ3v) is 11.4. The van der Waals surface area contributed by atoms with E-state index in [-0.39, 0.29) is 5.92 Å². The molecule has 5 heterocycles. The van der Waals surface area contributed by atoms with Crippen LogP contribution in [-0.2, 0) is 5.79 Å². The fourth-order valence-electron chi connectivity index (χ4n) is 9.31. The lowest BCUT2D eigenvalue weighted by Gasteiger charge is -2.25. The fourth-order valence-corrected chi connectivity index (χ4v) is 9.31. The number of aromatic nitrogens is 3. The first-order valence-corrected chi connectivity index (χ1v) is 17.9. The first kappa shape index (κ1) is 28.4. The lowest BCUT2D eigenvalue weighted by molar-refractivity contribution is -1.17. The zero-order valence-corrected chi connectivity index (χ0v) is 28.0. The maximum absolute atomic E-state index is 2.62. The summed E-state index contributed by atoms with van der Waals surface area (Å²) >= 11 is 0. The molecule has 0 fully saturated rings. The standard InChI is InChI=1S/C48H34N3/c1-6-18-38-33(13-1)25-26-34-14-2-7-19-39(34)46-41-21-9-4-16-36(41)28-31-50(46)48(49-30-27-35-15-3-8-20-40(35)45(38)49)44-24-12-11-23-43(44)47-42-22-10-5-17-37(42)29-32-51(47)48/h1-23,25-32,44H,24H2/q+3. The molecule has 3 nitrogen and oxygen atoms in total. The van der Waals surface area contributed by atoms with E-state index in [9.17, 15) is 0 Å². The molecule has 3 heteroatoms. The lowest BCUT2D eigenvalue weighted by Crippen LogP contribution is -2.88. The van der Waals surface area contributed by atoms with Gasteiger partial charge >= 0.3 is 5.79 Å². The molecule has 11 rings (SSSR count). The molecule has 8 aromatic rings. The number of pyridine rings is 3. The number of benzene rings is 5. The van der Waals surface area contributed by atoms with Crippen LogP contribution < -0.4 is 13.7 Å². The Kier molecular flexibility index (Phi) is 6.00. The van der Waals surface area contributed by atoms with Gasteiger partial charge in [0.15, 0.2) is 24.5 Å². The molecule has 238 valence electrons. The quantitative estimate of drug-likeness (QED) is 0.145. The molecular weight excluding hydrogens is 619 g/mol. The molecular formula is C48H34N3+3. The Morgan fingerprint density at radius 2 is 0.882 bits per heavy atom. The minimum atomic E-state index is -0.751. The summed E-state index contributed by atoms with van der Waals surface area (Å²) in [4.78, 5) is 0. The molecule has 1 unspecified atom stereocenters. The highest BCUT2D eigenvalue weighted by molar-refractivity contribution is 5.98. The largest absolute Gasteiger partial charge is 0.568 e. The number of hydrogen-bond acceptors (Lipinski definition) is 0. The molecule has 5 aromatic carbocycles. The van der Waals surface area contributed by atoms with E-state index in [0.29, 0.717) is 0 Å². The van der Waals surface area contributed by atoms with Crippen LogP contribution in [-0.4, -0.2) is 0 Å². The SMILES string of the molecule is C1=CCC2C(=C1)c1c3ccccc3cc[n+]1C21[n+]2ccc3ccccc3c2-c2ccccc2C=Cc2ccccc2-c2c3ccccc3cc[n+]21. The zero-order valence-electron chi connectivity index (χ0n) is 28.0. The van der Waals surface area contributed by atoms with Gasteiger partial charge < -0.3 is 0 Å². The predicted molar refractivity (Wildman–Crippen MR) is 206 cm³/mol. The second-order valence-corrected chi connectivity index (χ2v) is 13.9. The highest BCUT2D eigenvalue weighted by atomic mass is 15.5. The summed E-state index contributed by atoms with van der Waals surface area (Å²) in [5, 5.41) is 7.42. The smallest absolute Gasteiger partial charge is 0.0830 e. The molecule has 1 spiro atoms. The number of allylic oxidation sites excluding steroid dienone is 4. The molecule has 0 bridgehead atoms. The topological polar surface area (TPSA) is 11.6 Å². The van der Waals surface area contributed by atoms with Crippen LogP contribution in [0.3, 0.4) is 0 Å². The van der Waals surface area contributed by atoms with Gasteiger partial charge in [-0.25, -0.2) is 0 Å². The van der Waals surface area contributed by atoms with E-state index in [0.717, 1.165) is 6.42 Å². The van der Waals surface area contributed by atoms with Crippen LogP contribution >= 0.6 is 0 Å². The van der Waals surface area contributed by atoms with Crippen LogP contribution in [0.1, 0.15) is 23.2 Å². The van der Waals surface area contributed by atoms with Gasteiger partial charge in [0.2, 0.25) is 17.1 Å². The maximum atomic E-state index is 2.62. The summed E-state index contributed by atoms with van der Waals surface area (Å²) in [6.07, 6.45) is 19.6. The molecule has 3 aromatic heterocycles. The molecule has 2 aliphatic heterocycles. The number of fused-ring (bicyclic) bond motifs is 19. The summed E-state index contributed by atoms with van der Waals surface area (Å²) in [6, 6.07) is 51.4. The molecule has 0 saturated heterocycles. The minimum absolute atomic E-state index is 0.0798. The van der Waals surface area contributed by atoms with Gasteiger partial charge in [0, 0.05) is 18.2 Å². The number of nitrogens with zero attached hydrogens (tertiary/aromatic N) is 3. The van der Waals surface area contributed by atoms with Crippen molar-refractivity contribution in [2.75, 3.05) is 0 Å². The minimum Gasteiger partial charge on any atom is -0.0830 e. The third-order valence-electron chi connectivity index (χ3n) is 11.4. The summed E-state index contributed by atoms with van der Waals surface area (Å²) in [5.41, 5.74) is 9.83. The summed E-state index contributed by atoms with van der Waals surface area (Å²) in [7, 11) is 0. The molecule has 3 aliphatic rings. The van der Waals surface area contributed by atoms with Gasteiger partial charge in [-0.3, -0.25) is 0 Å². The molecule has 0 amide bonds. The molecule has 51 heavy (non-hydrogen) atoms. The Morgan fingerprint density at radius 1 is 0.451 bits per heavy atom. The lowest BCUT2D eigenvalue weighted by atomic mass is 9.84. The average molecular weight is 653 g/mol. The van der Waals surface area contributed by atoms with Crippen LogP contribution in [0.4, 0.5) is 0 Å². The van der Waals surface area contributed by atoms with Crippen LogP contribution in [0.5, 0.6) is 0 Å². The molecule has 1 atom stereocenters. The Hall–Kier alpha value is -6.45. The Bertz CT molecular complexity index is 2720. The van der Waals surface area contributed by atoms with Crippen LogP contribution in [0, 0.1) is 5.92 Å². The highest BCUT2D eigenvalue weighted by Crippen LogP contribution is 2.46. The van der Waals surface area contributed by atoms with Gasteiger partial charge in [0.1, 0.15) is 0 Å². The van der Waals surface area contributed by atoms with E-state index < -0.39 is 5.79 Å². The van der Waals surface area contributed by atoms with E-state index in [2.05, 4.69) is 202 Å². The maximum Gasteiger partial charge on any atom is 0.568 e. The molecule has 0 saturated carbocycles. The Balaban J connectivity index is 1.44. The second kappa shape index (κ2) is 10.8. The second-order valence-electron chi connectivity index (χ2n) is 13.9. The van der Waals surface area contributed by atoms with Gasteiger partial charge in [0.05, 0.1) is 32.9 Å². The number of hydrogen-bond donors (Lipinski definition) is 0. The van der Waals surface area contributed by atoms with Gasteiger partial charge in [-0.05, 0) is 64.0 Å². The van der Waals surface area contributed by atoms with E-state index in [4.69, 9.17) is 0 Å². The summed E-state index contributed by atoms with van der Waals surface area (Å²) in [6.45, 7) is 0. The van der Waals surface area contributed by atoms with Crippen LogP contribution in [0.15, 0.2) is 176 Å². The van der Waals surface area contributed by atoms with Crippen molar-refractivity contribution in [2.24, 2.45) is 5.92 Å². The molecule has 0 N–H and O–H groups in total. The van der Waals surface area contributed by atoms with Crippen molar-refractivity contribution >= 4 is 50.0 Å². The third kappa shape index (κ3) is 3.86. The van der Waals surface area contributed by atoms with Gasteiger partial charge in [-0.1, -0.05) is 135 Å². The first-order valence-electron chi connectivity index (χ1n) is 17.9. The van der Waals surface area contributed by atoms with Crippen molar-refractivity contribution in [3.8, 4) is 22.5 Å². The molecule has 0 radical (unpaired) electrons. The van der Waals surface area contributed by atoms with Crippen LogP contribution in [0.2, 0.25) is 0 Å². The van der Waals surface area contributed by atoms with Gasteiger partial charge in [0.25, 0.3) is 0 Å². The monoisotopic (exact) mass is 652 g/mol. The van der Waals surface area contributed by atoms with Gasteiger partial charge in [-0.15, -0.1) is 0 Å². The zero-order chi connectivity index (χ0) is 33.5. The Morgan fingerprint density at radius 3 is 1.41 bits per heavy atom. The summed E-state index contributed by atoms with van der Waals surface area (Å²) < 4.78 is 7.85. The van der Waals surface area contributed by atoms with E-state index >= 15 is 0 Å². The number of rotatable bonds is 0. The van der Waals surface area contributed by atoms with E-state index in [1.165, 1.54) is 77.2 Å². The van der Waals surface area contributed by atoms with E-state index in [1.54, 1.807) is 0 Å². The van der Waals surface area contributed by atoms with Crippen molar-refractivity contribution in [1.82, 2.24) is 0 Å². The molecule has 1 aliphatic carbocycles. The average Bonchev–Trinajstić information content (AvgIpc) is 3.50. The first-order chi connectivity index (χ1) is 25.3. The van der Waals surface area contributed by atoms with Gasteiger partial charge in [-0.2, -0.15) is 0 Å².